The summed E-state index contributed by atoms with van der Waals surface area (Å²) < 4.78 is 40.1. The van der Waals surface area contributed by atoms with Gasteiger partial charge in [0.15, 0.2) is 0 Å². The number of carbonyl (C=O) groups is 4. The summed E-state index contributed by atoms with van der Waals surface area (Å²) in [4.78, 5) is 62.6. The van der Waals surface area contributed by atoms with E-state index in [1.807, 2.05) is 50.3 Å². The molecule has 0 radical (unpaired) electrons. The first-order chi connectivity index (χ1) is 26.3. The van der Waals surface area contributed by atoms with Crippen LogP contribution in [-0.2, 0) is 29.1 Å². The number of aromatic nitrogens is 1. The molecule has 1 saturated heterocycles. The standard InChI is InChI=1S/C41H53N5O8S/c1-4-29-23-41(29,38(49)45-55(51,52)31-18-19-31)44-35(47)33-22-30-24-46(33)37(48)34(26-13-7-5-8-14-26)43-39(50)53-25-40(2,3)20-12-6-9-16-28-21-27-15-10-11-17-32(27)42-36(28)54-30/h4,9-11,15-17,21,26,29-31,33-34H,1,5-8,12-14,18-20,22-25H2,2-3H3,(H,43,50)(H,44,47)(H,45,49)/b16-9+/t29-,30+,33-,34-,41-/m0/s1. The van der Waals surface area contributed by atoms with E-state index in [1.54, 1.807) is 0 Å². The maximum Gasteiger partial charge on any atom is 0.407 e. The largest absolute Gasteiger partial charge is 0.472 e. The van der Waals surface area contributed by atoms with Gasteiger partial charge in [0, 0.05) is 23.3 Å². The van der Waals surface area contributed by atoms with E-state index in [2.05, 4.69) is 28.0 Å². The zero-order chi connectivity index (χ0) is 39.0. The number of benzene rings is 1. The van der Waals surface area contributed by atoms with Gasteiger partial charge in [-0.05, 0) is 74.8 Å². The number of ether oxygens (including phenoxy) is 2. The highest BCUT2D eigenvalue weighted by molar-refractivity contribution is 7.91. The lowest BCUT2D eigenvalue weighted by atomic mass is 9.83. The molecule has 2 bridgehead atoms. The van der Waals surface area contributed by atoms with Crippen LogP contribution >= 0.6 is 0 Å². The van der Waals surface area contributed by atoms with E-state index < -0.39 is 68.7 Å². The summed E-state index contributed by atoms with van der Waals surface area (Å²) in [6.07, 6.45) is 12.1. The third-order valence-corrected chi connectivity index (χ3v) is 13.7. The van der Waals surface area contributed by atoms with Crippen LogP contribution in [0.3, 0.4) is 0 Å². The van der Waals surface area contributed by atoms with Crippen LogP contribution in [0.4, 0.5) is 4.79 Å². The molecule has 4 fully saturated rings. The number of sulfonamides is 1. The van der Waals surface area contributed by atoms with Gasteiger partial charge < -0.3 is 25.0 Å². The monoisotopic (exact) mass is 775 g/mol. The maximum atomic E-state index is 14.8. The molecule has 0 spiro atoms. The highest BCUT2D eigenvalue weighted by Gasteiger charge is 2.62. The number of carbonyl (C=O) groups excluding carboxylic acids is 4. The lowest BCUT2D eigenvalue weighted by molar-refractivity contribution is -0.142. The Morgan fingerprint density at radius 3 is 2.56 bits per heavy atom. The molecule has 3 N–H and O–H groups in total. The van der Waals surface area contributed by atoms with Gasteiger partial charge in [-0.2, -0.15) is 0 Å². The van der Waals surface area contributed by atoms with Crippen LogP contribution in [0.5, 0.6) is 5.88 Å². The first kappa shape index (κ1) is 38.8. The van der Waals surface area contributed by atoms with Crippen LogP contribution in [0.15, 0.2) is 49.1 Å². The van der Waals surface area contributed by atoms with E-state index in [0.717, 1.165) is 67.8 Å². The number of hydrogen-bond acceptors (Lipinski definition) is 9. The lowest BCUT2D eigenvalue weighted by Gasteiger charge is -2.35. The number of fused-ring (bicyclic) bond motifs is 4. The Labute approximate surface area is 323 Å². The number of allylic oxidation sites excluding steroid dienone is 1. The number of nitrogens with zero attached hydrogens (tertiary/aromatic N) is 2. The number of rotatable bonds is 7. The third kappa shape index (κ3) is 8.69. The van der Waals surface area contributed by atoms with Crippen molar-refractivity contribution in [2.75, 3.05) is 13.2 Å². The van der Waals surface area contributed by atoms with Gasteiger partial charge in [-0.1, -0.05) is 69.5 Å². The van der Waals surface area contributed by atoms with Crippen molar-refractivity contribution in [1.82, 2.24) is 25.2 Å². The van der Waals surface area contributed by atoms with Gasteiger partial charge in [-0.3, -0.25) is 19.1 Å². The molecular formula is C41H53N5O8S. The fourth-order valence-electron chi connectivity index (χ4n) is 8.32. The average Bonchev–Trinajstić information content (AvgIpc) is 4.09. The molecule has 5 aliphatic rings. The van der Waals surface area contributed by atoms with Gasteiger partial charge in [0.05, 0.1) is 23.9 Å². The second-order valence-corrected chi connectivity index (χ2v) is 18.8. The van der Waals surface area contributed by atoms with E-state index in [0.29, 0.717) is 18.7 Å². The van der Waals surface area contributed by atoms with Crippen molar-refractivity contribution >= 4 is 50.8 Å². The van der Waals surface area contributed by atoms with Crippen LogP contribution in [0.25, 0.3) is 17.0 Å². The number of amides is 4. The molecule has 3 saturated carbocycles. The first-order valence-electron chi connectivity index (χ1n) is 19.8. The molecule has 5 atom stereocenters. The summed E-state index contributed by atoms with van der Waals surface area (Å²) in [6.45, 7) is 8.09. The van der Waals surface area contributed by atoms with Crippen LogP contribution in [0.1, 0.15) is 96.5 Å². The van der Waals surface area contributed by atoms with E-state index in [9.17, 15) is 27.6 Å². The van der Waals surface area contributed by atoms with Crippen LogP contribution in [-0.4, -0.2) is 84.2 Å². The predicted octanol–water partition coefficient (Wildman–Crippen LogP) is 5.15. The van der Waals surface area contributed by atoms with Gasteiger partial charge in [0.1, 0.15) is 23.7 Å². The molecular weight excluding hydrogens is 723 g/mol. The zero-order valence-corrected chi connectivity index (χ0v) is 32.6. The summed E-state index contributed by atoms with van der Waals surface area (Å²) in [7, 11) is -3.89. The first-order valence-corrected chi connectivity index (χ1v) is 21.3. The minimum atomic E-state index is -3.89. The Morgan fingerprint density at radius 1 is 1.07 bits per heavy atom. The van der Waals surface area contributed by atoms with Crippen molar-refractivity contribution in [2.45, 2.75) is 120 Å². The number of pyridine rings is 1. The molecule has 2 aliphatic heterocycles. The van der Waals surface area contributed by atoms with Gasteiger partial charge in [-0.25, -0.2) is 18.2 Å². The van der Waals surface area contributed by atoms with Gasteiger partial charge in [0.25, 0.3) is 5.91 Å². The van der Waals surface area contributed by atoms with Gasteiger partial charge in [-0.15, -0.1) is 6.58 Å². The number of hydrogen-bond donors (Lipinski definition) is 3. The fraction of sp³-hybridized carbons (Fsp3) is 0.585. The highest BCUT2D eigenvalue weighted by atomic mass is 32.2. The van der Waals surface area contributed by atoms with Gasteiger partial charge >= 0.3 is 6.09 Å². The zero-order valence-electron chi connectivity index (χ0n) is 31.8. The molecule has 296 valence electrons. The minimum absolute atomic E-state index is 0.0156. The van der Waals surface area contributed by atoms with Crippen LogP contribution < -0.4 is 20.1 Å². The molecule has 4 amide bonds. The molecule has 1 aromatic carbocycles. The van der Waals surface area contributed by atoms with E-state index in [4.69, 9.17) is 14.5 Å². The van der Waals surface area contributed by atoms with Crippen LogP contribution in [0, 0.1) is 17.3 Å². The van der Waals surface area contributed by atoms with Crippen LogP contribution in [0.2, 0.25) is 0 Å². The van der Waals surface area contributed by atoms with E-state index >= 15 is 0 Å². The number of cyclic esters (lactones) is 1. The minimum Gasteiger partial charge on any atom is -0.472 e. The Hall–Kier alpha value is -4.46. The highest BCUT2D eigenvalue weighted by Crippen LogP contribution is 2.45. The Balaban J connectivity index is 1.23. The van der Waals surface area contributed by atoms with Crippen molar-refractivity contribution in [3.05, 3.63) is 54.6 Å². The average molecular weight is 776 g/mol. The van der Waals surface area contributed by atoms with Crippen molar-refractivity contribution in [2.24, 2.45) is 17.3 Å². The number of nitrogens with one attached hydrogen (secondary N) is 3. The lowest BCUT2D eigenvalue weighted by Crippen LogP contribution is -2.59. The smallest absolute Gasteiger partial charge is 0.407 e. The fourth-order valence-corrected chi connectivity index (χ4v) is 9.68. The normalized spacial score (nSPS) is 29.7. The predicted molar refractivity (Wildman–Crippen MR) is 207 cm³/mol. The molecule has 7 rings (SSSR count). The van der Waals surface area contributed by atoms with E-state index in [-0.39, 0.29) is 37.3 Å². The third-order valence-electron chi connectivity index (χ3n) is 11.9. The van der Waals surface area contributed by atoms with Crippen molar-refractivity contribution in [3.8, 4) is 5.88 Å². The Bertz CT molecular complexity index is 1970. The van der Waals surface area contributed by atoms with Crippen molar-refractivity contribution in [3.63, 3.8) is 0 Å². The summed E-state index contributed by atoms with van der Waals surface area (Å²) in [5, 5.41) is 6.06. The molecule has 3 heterocycles. The maximum absolute atomic E-state index is 14.8. The second-order valence-electron chi connectivity index (χ2n) is 16.8. The SMILES string of the molecule is C=C[C@H]1C[C@@]1(NC(=O)[C@@H]1C[C@@H]2CN1C(=O)[C@H](C1CCCCC1)NC(=O)OCC(C)(C)CCC/C=C/c1cc3ccccc3nc1O2)C(=O)NS(=O)(=O)C1CC1. The van der Waals surface area contributed by atoms with Gasteiger partial charge in [0.2, 0.25) is 27.7 Å². The number of alkyl carbamates (subject to hydrolysis) is 1. The quantitative estimate of drug-likeness (QED) is 0.322. The summed E-state index contributed by atoms with van der Waals surface area (Å²) in [5.74, 6) is -2.18. The molecule has 3 aliphatic carbocycles. The topological polar surface area (TPSA) is 173 Å². The molecule has 14 heteroatoms. The molecule has 0 unspecified atom stereocenters. The second kappa shape index (κ2) is 15.6. The van der Waals surface area contributed by atoms with Crippen molar-refractivity contribution in [1.29, 1.82) is 0 Å². The summed E-state index contributed by atoms with van der Waals surface area (Å²) in [5.41, 5.74) is -0.342. The Kier molecular flexibility index (Phi) is 11.0. The molecule has 13 nitrogen and oxygen atoms in total. The summed E-state index contributed by atoms with van der Waals surface area (Å²) in [6, 6.07) is 7.69. The van der Waals surface area contributed by atoms with E-state index in [1.165, 1.54) is 11.0 Å². The van der Waals surface area contributed by atoms with Crippen molar-refractivity contribution < 1.29 is 37.1 Å². The molecule has 55 heavy (non-hydrogen) atoms. The summed E-state index contributed by atoms with van der Waals surface area (Å²) >= 11 is 0. The number of para-hydroxylation sites is 1. The Morgan fingerprint density at radius 2 is 1.84 bits per heavy atom. The molecule has 2 aromatic rings. The molecule has 1 aromatic heterocycles.